The Morgan fingerprint density at radius 1 is 1.28 bits per heavy atom. The molecule has 0 spiro atoms. The average molecular weight is 259 g/mol. The smallest absolute Gasteiger partial charge is 0.235 e. The summed E-state index contributed by atoms with van der Waals surface area (Å²) in [5, 5.41) is 0. The first-order chi connectivity index (χ1) is 8.51. The van der Waals surface area contributed by atoms with Crippen molar-refractivity contribution >= 4 is 18.2 Å². The number of hydrazine groups is 1. The fourth-order valence-electron chi connectivity index (χ4n) is 1.13. The normalized spacial score (nSPS) is 9.22. The summed E-state index contributed by atoms with van der Waals surface area (Å²) >= 11 is 0. The SMILES string of the molecule is CC.CNNC(=O)CCN(C=O)C(=O)CC(C)C. The molecule has 0 aliphatic heterocycles. The summed E-state index contributed by atoms with van der Waals surface area (Å²) in [6, 6.07) is 0. The highest BCUT2D eigenvalue weighted by molar-refractivity contribution is 5.87. The molecule has 0 aliphatic rings. The molecule has 0 aromatic rings. The molecule has 2 N–H and O–H groups in total. The second-order valence-electron chi connectivity index (χ2n) is 3.84. The Morgan fingerprint density at radius 2 is 1.83 bits per heavy atom. The lowest BCUT2D eigenvalue weighted by Gasteiger charge is -2.16. The summed E-state index contributed by atoms with van der Waals surface area (Å²) in [4.78, 5) is 34.3. The van der Waals surface area contributed by atoms with Crippen molar-refractivity contribution < 1.29 is 14.4 Å². The van der Waals surface area contributed by atoms with Gasteiger partial charge in [-0.15, -0.1) is 0 Å². The zero-order valence-corrected chi connectivity index (χ0v) is 11.9. The Labute approximate surface area is 109 Å². The van der Waals surface area contributed by atoms with E-state index in [0.717, 1.165) is 4.90 Å². The Bertz CT molecular complexity index is 255. The summed E-state index contributed by atoms with van der Waals surface area (Å²) in [5.41, 5.74) is 4.84. The first-order valence-electron chi connectivity index (χ1n) is 6.21. The molecule has 0 saturated heterocycles. The van der Waals surface area contributed by atoms with Crippen LogP contribution < -0.4 is 10.9 Å². The number of hydrogen-bond donors (Lipinski definition) is 2. The third-order valence-electron chi connectivity index (χ3n) is 1.87. The van der Waals surface area contributed by atoms with Crippen molar-refractivity contribution in [2.75, 3.05) is 13.6 Å². The standard InChI is InChI=1S/C10H19N3O3.C2H6/c1-8(2)6-10(16)13(7-14)5-4-9(15)12-11-3;1-2/h7-8,11H,4-6H2,1-3H3,(H,12,15);1-2H3. The molecule has 0 aliphatic carbocycles. The molecule has 0 bridgehead atoms. The van der Waals surface area contributed by atoms with Crippen molar-refractivity contribution in [1.29, 1.82) is 0 Å². The van der Waals surface area contributed by atoms with Crippen molar-refractivity contribution in [3.8, 4) is 0 Å². The summed E-state index contributed by atoms with van der Waals surface area (Å²) in [7, 11) is 1.57. The number of hydrogen-bond acceptors (Lipinski definition) is 4. The number of nitrogens with zero attached hydrogens (tertiary/aromatic N) is 1. The van der Waals surface area contributed by atoms with E-state index >= 15 is 0 Å². The first kappa shape index (κ1) is 18.9. The fourth-order valence-corrected chi connectivity index (χ4v) is 1.13. The molecule has 0 unspecified atom stereocenters. The van der Waals surface area contributed by atoms with Crippen LogP contribution in [0.15, 0.2) is 0 Å². The van der Waals surface area contributed by atoms with E-state index in [9.17, 15) is 14.4 Å². The minimum Gasteiger partial charge on any atom is -0.292 e. The fraction of sp³-hybridized carbons (Fsp3) is 0.750. The van der Waals surface area contributed by atoms with E-state index in [2.05, 4.69) is 10.9 Å². The molecule has 0 rings (SSSR count). The molecular formula is C12H25N3O3. The van der Waals surface area contributed by atoms with Gasteiger partial charge in [-0.3, -0.25) is 24.7 Å². The molecule has 0 saturated carbocycles. The first-order valence-corrected chi connectivity index (χ1v) is 6.21. The van der Waals surface area contributed by atoms with Crippen molar-refractivity contribution in [2.24, 2.45) is 5.92 Å². The van der Waals surface area contributed by atoms with Crippen molar-refractivity contribution in [2.45, 2.75) is 40.5 Å². The number of nitrogens with one attached hydrogen (secondary N) is 2. The number of carbonyl (C=O) groups excluding carboxylic acids is 3. The van der Waals surface area contributed by atoms with Crippen LogP contribution in [-0.2, 0) is 14.4 Å². The highest BCUT2D eigenvalue weighted by Crippen LogP contribution is 2.03. The Balaban J connectivity index is 0. The number of rotatable bonds is 7. The van der Waals surface area contributed by atoms with Gasteiger partial charge >= 0.3 is 0 Å². The molecule has 3 amide bonds. The minimum absolute atomic E-state index is 0.101. The number of carbonyl (C=O) groups is 3. The topological polar surface area (TPSA) is 78.5 Å². The molecule has 106 valence electrons. The highest BCUT2D eigenvalue weighted by Gasteiger charge is 2.15. The van der Waals surface area contributed by atoms with Gasteiger partial charge in [0.15, 0.2) is 0 Å². The van der Waals surface area contributed by atoms with Crippen molar-refractivity contribution in [3.63, 3.8) is 0 Å². The Morgan fingerprint density at radius 3 is 2.22 bits per heavy atom. The molecule has 6 heteroatoms. The second kappa shape index (κ2) is 12.0. The summed E-state index contributed by atoms with van der Waals surface area (Å²) in [5.74, 6) is -0.310. The quantitative estimate of drug-likeness (QED) is 0.520. The molecule has 0 radical (unpaired) electrons. The summed E-state index contributed by atoms with van der Waals surface area (Å²) in [6.07, 6.45) is 0.882. The van der Waals surface area contributed by atoms with Crippen LogP contribution in [0.5, 0.6) is 0 Å². The van der Waals surface area contributed by atoms with E-state index < -0.39 is 0 Å². The van der Waals surface area contributed by atoms with Gasteiger partial charge in [0.25, 0.3) is 0 Å². The molecule has 0 fully saturated rings. The minimum atomic E-state index is -0.258. The maximum atomic E-state index is 11.5. The van der Waals surface area contributed by atoms with E-state index in [1.807, 2.05) is 27.7 Å². The van der Waals surface area contributed by atoms with E-state index in [0.29, 0.717) is 12.8 Å². The maximum absolute atomic E-state index is 11.5. The van der Waals surface area contributed by atoms with Gasteiger partial charge in [0.2, 0.25) is 18.2 Å². The lowest BCUT2D eigenvalue weighted by molar-refractivity contribution is -0.139. The van der Waals surface area contributed by atoms with Gasteiger partial charge in [-0.25, -0.2) is 5.43 Å². The molecular weight excluding hydrogens is 234 g/mol. The maximum Gasteiger partial charge on any atom is 0.235 e. The molecule has 6 nitrogen and oxygen atoms in total. The van der Waals surface area contributed by atoms with Gasteiger partial charge in [-0.2, -0.15) is 0 Å². The van der Waals surface area contributed by atoms with Gasteiger partial charge in [0.05, 0.1) is 0 Å². The lowest BCUT2D eigenvalue weighted by Crippen LogP contribution is -2.38. The monoisotopic (exact) mass is 259 g/mol. The van der Waals surface area contributed by atoms with Crippen LogP contribution in [-0.4, -0.2) is 36.7 Å². The van der Waals surface area contributed by atoms with Crippen LogP contribution in [0.2, 0.25) is 0 Å². The average Bonchev–Trinajstić information content (AvgIpc) is 2.31. The molecule has 0 aromatic heterocycles. The van der Waals surface area contributed by atoms with Gasteiger partial charge < -0.3 is 0 Å². The Kier molecular flexibility index (Phi) is 12.7. The summed E-state index contributed by atoms with van der Waals surface area (Å²) < 4.78 is 0. The van der Waals surface area contributed by atoms with Crippen LogP contribution in [0, 0.1) is 5.92 Å². The van der Waals surface area contributed by atoms with Crippen LogP contribution in [0.1, 0.15) is 40.5 Å². The van der Waals surface area contributed by atoms with E-state index in [-0.39, 0.29) is 30.7 Å². The third kappa shape index (κ3) is 9.77. The third-order valence-corrected chi connectivity index (χ3v) is 1.87. The largest absolute Gasteiger partial charge is 0.292 e. The zero-order valence-electron chi connectivity index (χ0n) is 11.9. The van der Waals surface area contributed by atoms with E-state index in [1.165, 1.54) is 0 Å². The van der Waals surface area contributed by atoms with Gasteiger partial charge in [0, 0.05) is 26.4 Å². The zero-order chi connectivity index (χ0) is 14.6. The van der Waals surface area contributed by atoms with Crippen molar-refractivity contribution in [1.82, 2.24) is 15.8 Å². The molecule has 0 aromatic carbocycles. The number of amides is 3. The van der Waals surface area contributed by atoms with Crippen molar-refractivity contribution in [3.05, 3.63) is 0 Å². The lowest BCUT2D eigenvalue weighted by atomic mass is 10.1. The molecule has 0 heterocycles. The predicted octanol–water partition coefficient (Wildman–Crippen LogP) is 0.684. The van der Waals surface area contributed by atoms with Gasteiger partial charge in [0.1, 0.15) is 0 Å². The second-order valence-corrected chi connectivity index (χ2v) is 3.84. The van der Waals surface area contributed by atoms with Crippen LogP contribution in [0.25, 0.3) is 0 Å². The Hall–Kier alpha value is -1.43. The molecule has 0 atom stereocenters. The van der Waals surface area contributed by atoms with E-state index in [4.69, 9.17) is 0 Å². The van der Waals surface area contributed by atoms with Gasteiger partial charge in [-0.1, -0.05) is 27.7 Å². The molecule has 18 heavy (non-hydrogen) atoms. The van der Waals surface area contributed by atoms with Crippen LogP contribution in [0.3, 0.4) is 0 Å². The van der Waals surface area contributed by atoms with Crippen LogP contribution in [0.4, 0.5) is 0 Å². The van der Waals surface area contributed by atoms with E-state index in [1.54, 1.807) is 7.05 Å². The predicted molar refractivity (Wildman–Crippen MR) is 70.4 cm³/mol. The van der Waals surface area contributed by atoms with Crippen LogP contribution >= 0.6 is 0 Å². The number of imide groups is 1. The highest BCUT2D eigenvalue weighted by atomic mass is 16.2. The van der Waals surface area contributed by atoms with Gasteiger partial charge in [-0.05, 0) is 5.92 Å². The summed E-state index contributed by atoms with van der Waals surface area (Å²) in [6.45, 7) is 7.91.